The van der Waals surface area contributed by atoms with Gasteiger partial charge in [-0.3, -0.25) is 9.59 Å². The smallest absolute Gasteiger partial charge is 0.272 e. The average Bonchev–Trinajstić information content (AvgIpc) is 2.71. The van der Waals surface area contributed by atoms with Crippen LogP contribution in [0.2, 0.25) is 5.02 Å². The molecule has 0 aliphatic heterocycles. The summed E-state index contributed by atoms with van der Waals surface area (Å²) in [5.41, 5.74) is 2.76. The molecule has 0 aliphatic rings. The number of aryl methyl sites for hydroxylation is 1. The van der Waals surface area contributed by atoms with Gasteiger partial charge in [-0.1, -0.05) is 70.0 Å². The molecule has 0 heterocycles. The second-order valence-electron chi connectivity index (χ2n) is 6.31. The van der Waals surface area contributed by atoms with Crippen LogP contribution < -0.4 is 10.6 Å². The first kappa shape index (κ1) is 20.8. The van der Waals surface area contributed by atoms with Crippen molar-refractivity contribution in [1.29, 1.82) is 0 Å². The third kappa shape index (κ3) is 5.56. The fraction of sp³-hybridized carbons (Fsp3) is 0.0435. The molecule has 3 aromatic rings. The van der Waals surface area contributed by atoms with E-state index in [1.807, 2.05) is 49.4 Å². The summed E-state index contributed by atoms with van der Waals surface area (Å²) in [6.45, 7) is 1.90. The number of anilines is 1. The van der Waals surface area contributed by atoms with E-state index in [1.54, 1.807) is 36.4 Å². The Labute approximate surface area is 182 Å². The summed E-state index contributed by atoms with van der Waals surface area (Å²) in [6, 6.07) is 21.5. The molecular weight excluding hydrogens is 452 g/mol. The van der Waals surface area contributed by atoms with E-state index in [9.17, 15) is 9.59 Å². The molecule has 0 saturated carbocycles. The highest BCUT2D eigenvalue weighted by Gasteiger charge is 2.17. The Morgan fingerprint density at radius 2 is 1.59 bits per heavy atom. The van der Waals surface area contributed by atoms with Crippen LogP contribution in [0.1, 0.15) is 21.5 Å². The summed E-state index contributed by atoms with van der Waals surface area (Å²) in [6.07, 6.45) is 1.62. The van der Waals surface area contributed by atoms with Crippen molar-refractivity contribution in [1.82, 2.24) is 5.32 Å². The molecule has 0 saturated heterocycles. The normalized spacial score (nSPS) is 11.1. The number of carbonyl (C=O) groups is 2. The zero-order valence-electron chi connectivity index (χ0n) is 15.6. The highest BCUT2D eigenvalue weighted by atomic mass is 79.9. The van der Waals surface area contributed by atoms with Gasteiger partial charge in [-0.05, 0) is 54.5 Å². The minimum Gasteiger partial charge on any atom is -0.320 e. The van der Waals surface area contributed by atoms with Gasteiger partial charge in [-0.25, -0.2) is 0 Å². The Morgan fingerprint density at radius 1 is 0.931 bits per heavy atom. The van der Waals surface area contributed by atoms with Gasteiger partial charge >= 0.3 is 0 Å². The van der Waals surface area contributed by atoms with Crippen molar-refractivity contribution in [2.45, 2.75) is 6.92 Å². The minimum atomic E-state index is -0.459. The van der Waals surface area contributed by atoms with Gasteiger partial charge in [0.25, 0.3) is 11.8 Å². The van der Waals surface area contributed by atoms with Crippen molar-refractivity contribution in [3.8, 4) is 0 Å². The number of benzene rings is 3. The number of carbonyl (C=O) groups excluding carboxylic acids is 2. The van der Waals surface area contributed by atoms with Crippen molar-refractivity contribution in [3.63, 3.8) is 0 Å². The molecule has 146 valence electrons. The SMILES string of the molecule is Cc1ccccc1NC(=O)C(=Cc1ccc(Br)cc1)NC(=O)c1ccccc1Cl. The maximum Gasteiger partial charge on any atom is 0.272 e. The first-order valence-electron chi connectivity index (χ1n) is 8.84. The van der Waals surface area contributed by atoms with Crippen LogP contribution in [-0.2, 0) is 4.79 Å². The van der Waals surface area contributed by atoms with Crippen molar-refractivity contribution in [3.05, 3.63) is 105 Å². The third-order valence-electron chi connectivity index (χ3n) is 4.19. The van der Waals surface area contributed by atoms with Gasteiger partial charge in [-0.15, -0.1) is 0 Å². The van der Waals surface area contributed by atoms with Crippen molar-refractivity contribution in [2.24, 2.45) is 0 Å². The first-order valence-corrected chi connectivity index (χ1v) is 10.0. The molecule has 0 unspecified atom stereocenters. The van der Waals surface area contributed by atoms with Crippen LogP contribution >= 0.6 is 27.5 Å². The summed E-state index contributed by atoms with van der Waals surface area (Å²) in [5, 5.41) is 5.85. The van der Waals surface area contributed by atoms with Crippen molar-refractivity contribution in [2.75, 3.05) is 5.32 Å². The lowest BCUT2D eigenvalue weighted by Crippen LogP contribution is -2.31. The van der Waals surface area contributed by atoms with Gasteiger partial charge in [0, 0.05) is 10.2 Å². The Kier molecular flexibility index (Phi) is 6.86. The van der Waals surface area contributed by atoms with Crippen LogP contribution in [0.25, 0.3) is 6.08 Å². The van der Waals surface area contributed by atoms with Crippen LogP contribution in [0.3, 0.4) is 0 Å². The van der Waals surface area contributed by atoms with Crippen LogP contribution in [0, 0.1) is 6.92 Å². The molecule has 4 nitrogen and oxygen atoms in total. The third-order valence-corrected chi connectivity index (χ3v) is 5.04. The molecule has 2 N–H and O–H groups in total. The molecule has 0 aromatic heterocycles. The van der Waals surface area contributed by atoms with E-state index in [1.165, 1.54) is 0 Å². The van der Waals surface area contributed by atoms with Gasteiger partial charge in [0.05, 0.1) is 10.6 Å². The van der Waals surface area contributed by atoms with E-state index in [4.69, 9.17) is 11.6 Å². The summed E-state index contributed by atoms with van der Waals surface area (Å²) >= 11 is 9.51. The molecule has 3 rings (SSSR count). The number of rotatable bonds is 5. The summed E-state index contributed by atoms with van der Waals surface area (Å²) in [7, 11) is 0. The molecule has 0 radical (unpaired) electrons. The molecule has 6 heteroatoms. The van der Waals surface area contributed by atoms with E-state index in [-0.39, 0.29) is 5.70 Å². The van der Waals surface area contributed by atoms with Crippen LogP contribution in [0.4, 0.5) is 5.69 Å². The maximum atomic E-state index is 13.0. The van der Waals surface area contributed by atoms with E-state index < -0.39 is 11.8 Å². The van der Waals surface area contributed by atoms with Gasteiger partial charge < -0.3 is 10.6 Å². The summed E-state index contributed by atoms with van der Waals surface area (Å²) < 4.78 is 0.917. The van der Waals surface area contributed by atoms with Crippen LogP contribution in [0.15, 0.2) is 83.0 Å². The number of halogens is 2. The van der Waals surface area contributed by atoms with Crippen molar-refractivity contribution < 1.29 is 9.59 Å². The maximum absolute atomic E-state index is 13.0. The van der Waals surface area contributed by atoms with E-state index in [0.29, 0.717) is 16.3 Å². The summed E-state index contributed by atoms with van der Waals surface area (Å²) in [5.74, 6) is -0.887. The highest BCUT2D eigenvalue weighted by Crippen LogP contribution is 2.18. The molecule has 3 aromatic carbocycles. The zero-order valence-corrected chi connectivity index (χ0v) is 17.9. The summed E-state index contributed by atoms with van der Waals surface area (Å²) in [4.78, 5) is 25.7. The van der Waals surface area contributed by atoms with Crippen molar-refractivity contribution >= 4 is 51.1 Å². The average molecular weight is 470 g/mol. The molecule has 2 amide bonds. The lowest BCUT2D eigenvalue weighted by Gasteiger charge is -2.13. The zero-order chi connectivity index (χ0) is 20.8. The number of para-hydroxylation sites is 1. The monoisotopic (exact) mass is 468 g/mol. The lowest BCUT2D eigenvalue weighted by molar-refractivity contribution is -0.113. The van der Waals surface area contributed by atoms with Gasteiger partial charge in [0.15, 0.2) is 0 Å². The van der Waals surface area contributed by atoms with E-state index >= 15 is 0 Å². The first-order chi connectivity index (χ1) is 13.9. The Bertz CT molecular complexity index is 1080. The molecule has 0 bridgehead atoms. The van der Waals surface area contributed by atoms with Crippen LogP contribution in [-0.4, -0.2) is 11.8 Å². The van der Waals surface area contributed by atoms with Gasteiger partial charge in [0.1, 0.15) is 5.70 Å². The number of amides is 2. The largest absolute Gasteiger partial charge is 0.320 e. The predicted octanol–water partition coefficient (Wildman–Crippen LogP) is 5.82. The standard InChI is InChI=1S/C23H18BrClN2O2/c1-15-6-2-5-9-20(15)26-23(29)21(14-16-10-12-17(24)13-11-16)27-22(28)18-7-3-4-8-19(18)25/h2-14H,1H3,(H,26,29)(H,27,28). The molecule has 0 aliphatic carbocycles. The molecule has 29 heavy (non-hydrogen) atoms. The second kappa shape index (κ2) is 9.54. The van der Waals surface area contributed by atoms with E-state index in [2.05, 4.69) is 26.6 Å². The minimum absolute atomic E-state index is 0.112. The Hall–Kier alpha value is -2.89. The van der Waals surface area contributed by atoms with Gasteiger partial charge in [-0.2, -0.15) is 0 Å². The quantitative estimate of drug-likeness (QED) is 0.463. The molecule has 0 spiro atoms. The Balaban J connectivity index is 1.92. The predicted molar refractivity (Wildman–Crippen MR) is 121 cm³/mol. The highest BCUT2D eigenvalue weighted by molar-refractivity contribution is 9.10. The number of hydrogen-bond acceptors (Lipinski definition) is 2. The van der Waals surface area contributed by atoms with Crippen LogP contribution in [0.5, 0.6) is 0 Å². The lowest BCUT2D eigenvalue weighted by atomic mass is 10.1. The topological polar surface area (TPSA) is 58.2 Å². The Morgan fingerprint density at radius 3 is 2.28 bits per heavy atom. The molecule has 0 atom stereocenters. The van der Waals surface area contributed by atoms with Gasteiger partial charge in [0.2, 0.25) is 0 Å². The molecule has 0 fully saturated rings. The van der Waals surface area contributed by atoms with E-state index in [0.717, 1.165) is 15.6 Å². The second-order valence-corrected chi connectivity index (χ2v) is 7.64. The fourth-order valence-corrected chi connectivity index (χ4v) is 3.11. The fourth-order valence-electron chi connectivity index (χ4n) is 2.62. The molecular formula is C23H18BrClN2O2. The number of hydrogen-bond donors (Lipinski definition) is 2. The number of nitrogens with one attached hydrogen (secondary N) is 2.